The van der Waals surface area contributed by atoms with Gasteiger partial charge >= 0.3 is 6.03 Å². The molecule has 0 spiro atoms. The van der Waals surface area contributed by atoms with E-state index in [0.29, 0.717) is 17.6 Å². The molecular weight excluding hydrogens is 336 g/mol. The molecule has 2 heterocycles. The third kappa shape index (κ3) is 3.52. The number of thiazole rings is 1. The van der Waals surface area contributed by atoms with Crippen molar-refractivity contribution in [2.75, 3.05) is 18.0 Å². The first-order valence-corrected chi connectivity index (χ1v) is 10.3. The monoisotopic (exact) mass is 362 g/mol. The smallest absolute Gasteiger partial charge is 0.323 e. The summed E-state index contributed by atoms with van der Waals surface area (Å²) in [4.78, 5) is 30.4. The minimum atomic E-state index is -0.0958. The zero-order chi connectivity index (χ0) is 17.4. The molecule has 2 saturated carbocycles. The molecule has 0 radical (unpaired) electrons. The lowest BCUT2D eigenvalue weighted by Gasteiger charge is -2.28. The van der Waals surface area contributed by atoms with E-state index in [4.69, 9.17) is 0 Å². The fourth-order valence-electron chi connectivity index (χ4n) is 4.80. The first-order valence-electron chi connectivity index (χ1n) is 9.39. The minimum absolute atomic E-state index is 0.0372. The zero-order valence-electron chi connectivity index (χ0n) is 14.7. The van der Waals surface area contributed by atoms with Crippen molar-refractivity contribution in [1.82, 2.24) is 15.6 Å². The van der Waals surface area contributed by atoms with Crippen LogP contribution in [0.1, 0.15) is 44.7 Å². The average molecular weight is 362 g/mol. The summed E-state index contributed by atoms with van der Waals surface area (Å²) in [5.74, 6) is 2.39. The number of carbonyl (C=O) groups excluding carboxylic acids is 2. The number of anilines is 1. The van der Waals surface area contributed by atoms with E-state index in [1.807, 2.05) is 5.38 Å². The molecule has 7 heteroatoms. The second kappa shape index (κ2) is 6.94. The molecule has 25 heavy (non-hydrogen) atoms. The minimum Gasteiger partial charge on any atom is -0.353 e. The average Bonchev–Trinajstić information content (AvgIpc) is 3.31. The van der Waals surface area contributed by atoms with Gasteiger partial charge in [-0.05, 0) is 50.4 Å². The fraction of sp³-hybridized carbons (Fsp3) is 0.722. The summed E-state index contributed by atoms with van der Waals surface area (Å²) in [5, 5.41) is 8.58. The summed E-state index contributed by atoms with van der Waals surface area (Å²) >= 11 is 1.43. The van der Waals surface area contributed by atoms with Crippen molar-refractivity contribution in [1.29, 1.82) is 0 Å². The Balaban J connectivity index is 1.31. The number of urea groups is 1. The molecule has 136 valence electrons. The second-order valence-corrected chi connectivity index (χ2v) is 8.57. The number of fused-ring (bicyclic) bond motifs is 2. The van der Waals surface area contributed by atoms with Crippen molar-refractivity contribution in [2.24, 2.45) is 17.8 Å². The lowest BCUT2D eigenvalue weighted by molar-refractivity contribution is -0.121. The largest absolute Gasteiger partial charge is 0.353 e. The number of amides is 3. The molecule has 2 N–H and O–H groups in total. The molecule has 6 nitrogen and oxygen atoms in total. The van der Waals surface area contributed by atoms with Crippen LogP contribution in [0.2, 0.25) is 0 Å². The molecule has 3 amide bonds. The Bertz CT molecular complexity index is 661. The van der Waals surface area contributed by atoms with Crippen LogP contribution < -0.4 is 15.5 Å². The first kappa shape index (κ1) is 16.8. The van der Waals surface area contributed by atoms with Crippen molar-refractivity contribution in [3.63, 3.8) is 0 Å². The van der Waals surface area contributed by atoms with Crippen LogP contribution in [0.15, 0.2) is 5.38 Å². The van der Waals surface area contributed by atoms with Gasteiger partial charge in [0.15, 0.2) is 5.13 Å². The molecule has 3 fully saturated rings. The van der Waals surface area contributed by atoms with E-state index in [2.05, 4.69) is 22.5 Å². The fourth-order valence-corrected chi connectivity index (χ4v) is 5.65. The number of aromatic nitrogens is 1. The van der Waals surface area contributed by atoms with Gasteiger partial charge in [-0.1, -0.05) is 6.42 Å². The van der Waals surface area contributed by atoms with E-state index >= 15 is 0 Å². The van der Waals surface area contributed by atoms with Crippen molar-refractivity contribution >= 4 is 28.4 Å². The molecular formula is C18H26N4O2S. The van der Waals surface area contributed by atoms with Gasteiger partial charge in [-0.15, -0.1) is 11.3 Å². The van der Waals surface area contributed by atoms with E-state index in [0.717, 1.165) is 30.5 Å². The van der Waals surface area contributed by atoms with Gasteiger partial charge in [0, 0.05) is 24.5 Å². The van der Waals surface area contributed by atoms with Gasteiger partial charge in [-0.2, -0.15) is 0 Å². The summed E-state index contributed by atoms with van der Waals surface area (Å²) in [6, 6.07) is 0.148. The molecule has 4 rings (SSSR count). The second-order valence-electron chi connectivity index (χ2n) is 7.73. The Kier molecular flexibility index (Phi) is 4.67. The van der Waals surface area contributed by atoms with Crippen LogP contribution in [0.4, 0.5) is 9.93 Å². The number of nitrogens with zero attached hydrogens (tertiary/aromatic N) is 2. The molecule has 2 bridgehead atoms. The van der Waals surface area contributed by atoms with E-state index in [1.165, 1.54) is 37.0 Å². The molecule has 1 aromatic heterocycles. The third-order valence-corrected chi connectivity index (χ3v) is 6.93. The van der Waals surface area contributed by atoms with Crippen molar-refractivity contribution < 1.29 is 9.59 Å². The van der Waals surface area contributed by atoms with Gasteiger partial charge in [0.25, 0.3) is 0 Å². The predicted octanol–water partition coefficient (Wildman–Crippen LogP) is 2.55. The maximum absolute atomic E-state index is 12.4. The highest BCUT2D eigenvalue weighted by atomic mass is 32.1. The molecule has 4 atom stereocenters. The van der Waals surface area contributed by atoms with Crippen LogP contribution in [0, 0.1) is 17.8 Å². The third-order valence-electron chi connectivity index (χ3n) is 6.02. The van der Waals surface area contributed by atoms with E-state index in [1.54, 1.807) is 4.90 Å². The van der Waals surface area contributed by atoms with Gasteiger partial charge in [0.05, 0.1) is 12.1 Å². The van der Waals surface area contributed by atoms with Crippen LogP contribution in [0.5, 0.6) is 0 Å². The topological polar surface area (TPSA) is 74.3 Å². The highest BCUT2D eigenvalue weighted by Gasteiger charge is 2.42. The van der Waals surface area contributed by atoms with Gasteiger partial charge in [-0.25, -0.2) is 9.78 Å². The van der Waals surface area contributed by atoms with Gasteiger partial charge in [-0.3, -0.25) is 9.69 Å². The number of rotatable bonds is 5. The van der Waals surface area contributed by atoms with Crippen LogP contribution in [-0.2, 0) is 11.2 Å². The molecule has 3 aliphatic rings. The van der Waals surface area contributed by atoms with E-state index in [9.17, 15) is 9.59 Å². The van der Waals surface area contributed by atoms with Gasteiger partial charge in [0.1, 0.15) is 0 Å². The molecule has 0 aromatic carbocycles. The summed E-state index contributed by atoms with van der Waals surface area (Å²) in [6.45, 7) is 3.55. The summed E-state index contributed by atoms with van der Waals surface area (Å²) in [5.41, 5.74) is 0.746. The normalized spacial score (nSPS) is 29.6. The van der Waals surface area contributed by atoms with Gasteiger partial charge in [0.2, 0.25) is 5.91 Å². The standard InChI is InChI=1S/C18H26N4O2S/c1-11(15-8-12-3-4-13(15)7-12)20-16(23)9-14-10-25-18(21-14)22-6-2-5-19-17(22)24/h10-13,15H,2-9H2,1H3,(H,19,24)(H,20,23)/t11-,12-,13-,15-/m0/s1. The number of carbonyl (C=O) groups is 2. The Morgan fingerprint density at radius 3 is 3.08 bits per heavy atom. The number of nitrogens with one attached hydrogen (secondary N) is 2. The molecule has 1 aliphatic heterocycles. The first-order chi connectivity index (χ1) is 12.1. The quantitative estimate of drug-likeness (QED) is 0.845. The van der Waals surface area contributed by atoms with Crippen LogP contribution in [0.25, 0.3) is 0 Å². The Morgan fingerprint density at radius 2 is 2.36 bits per heavy atom. The Hall–Kier alpha value is -1.63. The van der Waals surface area contributed by atoms with E-state index in [-0.39, 0.29) is 24.4 Å². The molecule has 1 aromatic rings. The van der Waals surface area contributed by atoms with Crippen LogP contribution >= 0.6 is 11.3 Å². The summed E-state index contributed by atoms with van der Waals surface area (Å²) < 4.78 is 0. The van der Waals surface area contributed by atoms with Crippen LogP contribution in [-0.4, -0.2) is 36.1 Å². The highest BCUT2D eigenvalue weighted by molar-refractivity contribution is 7.14. The van der Waals surface area contributed by atoms with Gasteiger partial charge < -0.3 is 10.6 Å². The SMILES string of the molecule is C[C@H](NC(=O)Cc1csc(N2CCCNC2=O)n1)[C@@H]1C[C@H]2CC[C@H]1C2. The Labute approximate surface area is 152 Å². The molecule has 1 saturated heterocycles. The molecule has 2 aliphatic carbocycles. The van der Waals surface area contributed by atoms with Crippen molar-refractivity contribution in [2.45, 2.75) is 51.5 Å². The predicted molar refractivity (Wildman–Crippen MR) is 97.7 cm³/mol. The van der Waals surface area contributed by atoms with E-state index < -0.39 is 0 Å². The number of hydrogen-bond acceptors (Lipinski definition) is 4. The molecule has 0 unspecified atom stereocenters. The maximum atomic E-state index is 12.4. The lowest BCUT2D eigenvalue weighted by atomic mass is 9.84. The summed E-state index contributed by atoms with van der Waals surface area (Å²) in [7, 11) is 0. The van der Waals surface area contributed by atoms with Crippen molar-refractivity contribution in [3.8, 4) is 0 Å². The summed E-state index contributed by atoms with van der Waals surface area (Å²) in [6.07, 6.45) is 6.56. The lowest BCUT2D eigenvalue weighted by Crippen LogP contribution is -2.46. The maximum Gasteiger partial charge on any atom is 0.323 e. The number of hydrogen-bond donors (Lipinski definition) is 2. The highest BCUT2D eigenvalue weighted by Crippen LogP contribution is 2.49. The van der Waals surface area contributed by atoms with Crippen molar-refractivity contribution in [3.05, 3.63) is 11.1 Å². The zero-order valence-corrected chi connectivity index (χ0v) is 15.5. The Morgan fingerprint density at radius 1 is 1.48 bits per heavy atom. The van der Waals surface area contributed by atoms with Crippen LogP contribution in [0.3, 0.4) is 0 Å².